The standard InChI is InChI=1S/C28H25FN2O2/c1-2-26(33)31-24-11-7-6-10-22(24)30-23-16-20(18-8-4-3-5-9-18)17-25(32)27(23)28(31)19-12-14-21(29)15-13-19/h3-15,20,28,30H,2,16-17H2,1H3/t20-,28-/m1/s1. The number of ketones is 1. The molecule has 0 fully saturated rings. The number of carbonyl (C=O) groups is 2. The zero-order valence-electron chi connectivity index (χ0n) is 18.4. The minimum atomic E-state index is -0.617. The summed E-state index contributed by atoms with van der Waals surface area (Å²) in [5, 5.41) is 3.50. The topological polar surface area (TPSA) is 49.4 Å². The van der Waals surface area contributed by atoms with Gasteiger partial charge in [0.25, 0.3) is 0 Å². The van der Waals surface area contributed by atoms with E-state index in [4.69, 9.17) is 0 Å². The number of fused-ring (bicyclic) bond motifs is 1. The molecule has 0 spiro atoms. The molecule has 0 radical (unpaired) electrons. The van der Waals surface area contributed by atoms with Crippen LogP contribution in [0.3, 0.4) is 0 Å². The number of carbonyl (C=O) groups excluding carboxylic acids is 2. The maximum atomic E-state index is 13.8. The number of amides is 1. The van der Waals surface area contributed by atoms with E-state index in [-0.39, 0.29) is 29.8 Å². The lowest BCUT2D eigenvalue weighted by atomic mass is 9.78. The number of rotatable bonds is 3. The highest BCUT2D eigenvalue weighted by atomic mass is 19.1. The molecule has 4 nitrogen and oxygen atoms in total. The number of Topliss-reactive ketones (excluding diaryl/α,β-unsaturated/α-hetero) is 1. The summed E-state index contributed by atoms with van der Waals surface area (Å²) in [4.78, 5) is 28.7. The first-order valence-corrected chi connectivity index (χ1v) is 11.3. The fraction of sp³-hybridized carbons (Fsp3) is 0.214. The third kappa shape index (κ3) is 3.84. The van der Waals surface area contributed by atoms with Crippen molar-refractivity contribution < 1.29 is 14.0 Å². The van der Waals surface area contributed by atoms with E-state index in [0.717, 1.165) is 28.2 Å². The van der Waals surface area contributed by atoms with Crippen LogP contribution in [0.2, 0.25) is 0 Å². The highest BCUT2D eigenvalue weighted by Crippen LogP contribution is 2.47. The number of hydrogen-bond donors (Lipinski definition) is 1. The number of anilines is 2. The van der Waals surface area contributed by atoms with Gasteiger partial charge in [-0.1, -0.05) is 61.5 Å². The SMILES string of the molecule is CCC(=O)N1c2ccccc2NC2=C(C(=O)C[C@H](c3ccccc3)C2)[C@H]1c1ccc(F)cc1. The smallest absolute Gasteiger partial charge is 0.227 e. The van der Waals surface area contributed by atoms with Crippen molar-refractivity contribution in [3.05, 3.63) is 107 Å². The van der Waals surface area contributed by atoms with Crippen LogP contribution in [0.1, 0.15) is 49.3 Å². The molecule has 3 aromatic rings. The van der Waals surface area contributed by atoms with Crippen molar-refractivity contribution in [3.8, 4) is 0 Å². The molecule has 0 saturated carbocycles. The number of allylic oxidation sites excluding steroid dienone is 1. The molecule has 0 unspecified atom stereocenters. The second-order valence-corrected chi connectivity index (χ2v) is 8.54. The van der Waals surface area contributed by atoms with Crippen molar-refractivity contribution in [1.82, 2.24) is 0 Å². The number of halogens is 1. The van der Waals surface area contributed by atoms with Crippen LogP contribution in [0.25, 0.3) is 0 Å². The van der Waals surface area contributed by atoms with Gasteiger partial charge < -0.3 is 5.32 Å². The third-order valence-corrected chi connectivity index (χ3v) is 6.52. The normalized spacial score (nSPS) is 19.9. The van der Waals surface area contributed by atoms with E-state index < -0.39 is 6.04 Å². The summed E-state index contributed by atoms with van der Waals surface area (Å²) in [5.74, 6) is -0.383. The van der Waals surface area contributed by atoms with Gasteiger partial charge in [0.2, 0.25) is 5.91 Å². The molecule has 0 aromatic heterocycles. The number of nitrogens with zero attached hydrogens (tertiary/aromatic N) is 1. The summed E-state index contributed by atoms with van der Waals surface area (Å²) in [6, 6.07) is 23.2. The van der Waals surface area contributed by atoms with Crippen LogP contribution in [0.5, 0.6) is 0 Å². The molecule has 1 aliphatic heterocycles. The fourth-order valence-electron chi connectivity index (χ4n) is 4.96. The Morgan fingerprint density at radius 2 is 1.64 bits per heavy atom. The first-order chi connectivity index (χ1) is 16.1. The van der Waals surface area contributed by atoms with Gasteiger partial charge in [-0.05, 0) is 47.7 Å². The van der Waals surface area contributed by atoms with E-state index in [1.165, 1.54) is 12.1 Å². The van der Waals surface area contributed by atoms with Gasteiger partial charge in [-0.25, -0.2) is 4.39 Å². The molecule has 3 aromatic carbocycles. The molecular formula is C28H25FN2O2. The molecule has 2 aliphatic rings. The van der Waals surface area contributed by atoms with Crippen molar-refractivity contribution >= 4 is 23.1 Å². The molecule has 166 valence electrons. The van der Waals surface area contributed by atoms with Gasteiger partial charge in [0, 0.05) is 24.1 Å². The Morgan fingerprint density at radius 1 is 0.939 bits per heavy atom. The largest absolute Gasteiger partial charge is 0.357 e. The molecule has 1 N–H and O–H groups in total. The molecule has 1 amide bonds. The predicted molar refractivity (Wildman–Crippen MR) is 127 cm³/mol. The molecule has 5 rings (SSSR count). The average molecular weight is 441 g/mol. The summed E-state index contributed by atoms with van der Waals surface area (Å²) in [6.45, 7) is 1.81. The van der Waals surface area contributed by atoms with E-state index >= 15 is 0 Å². The summed E-state index contributed by atoms with van der Waals surface area (Å²) < 4.78 is 13.8. The van der Waals surface area contributed by atoms with Crippen molar-refractivity contribution in [2.45, 2.75) is 38.1 Å². The van der Waals surface area contributed by atoms with Gasteiger partial charge in [-0.3, -0.25) is 14.5 Å². The van der Waals surface area contributed by atoms with Crippen LogP contribution in [-0.4, -0.2) is 11.7 Å². The maximum Gasteiger partial charge on any atom is 0.227 e. The van der Waals surface area contributed by atoms with Crippen LogP contribution >= 0.6 is 0 Å². The Hall–Kier alpha value is -3.73. The van der Waals surface area contributed by atoms with E-state index in [2.05, 4.69) is 17.4 Å². The van der Waals surface area contributed by atoms with Gasteiger partial charge in [-0.2, -0.15) is 0 Å². The lowest BCUT2D eigenvalue weighted by Gasteiger charge is -2.35. The van der Waals surface area contributed by atoms with Crippen molar-refractivity contribution in [3.63, 3.8) is 0 Å². The minimum Gasteiger partial charge on any atom is -0.357 e. The number of nitrogens with one attached hydrogen (secondary N) is 1. The summed E-state index contributed by atoms with van der Waals surface area (Å²) in [6.07, 6.45) is 1.31. The summed E-state index contributed by atoms with van der Waals surface area (Å²) in [7, 11) is 0. The number of para-hydroxylation sites is 2. The Balaban J connectivity index is 1.71. The number of hydrogen-bond acceptors (Lipinski definition) is 3. The van der Waals surface area contributed by atoms with E-state index in [9.17, 15) is 14.0 Å². The highest BCUT2D eigenvalue weighted by molar-refractivity contribution is 6.06. The second-order valence-electron chi connectivity index (χ2n) is 8.54. The molecule has 1 aliphatic carbocycles. The van der Waals surface area contributed by atoms with Crippen LogP contribution in [0.15, 0.2) is 90.1 Å². The first-order valence-electron chi connectivity index (χ1n) is 11.3. The zero-order valence-corrected chi connectivity index (χ0v) is 18.4. The van der Waals surface area contributed by atoms with Gasteiger partial charge in [-0.15, -0.1) is 0 Å². The summed E-state index contributed by atoms with van der Waals surface area (Å²) in [5.41, 5.74) is 4.77. The van der Waals surface area contributed by atoms with Gasteiger partial charge in [0.05, 0.1) is 17.4 Å². The second kappa shape index (κ2) is 8.66. The number of benzene rings is 3. The third-order valence-electron chi connectivity index (χ3n) is 6.52. The monoisotopic (exact) mass is 440 g/mol. The van der Waals surface area contributed by atoms with Crippen LogP contribution in [0.4, 0.5) is 15.8 Å². The molecule has 2 atom stereocenters. The Morgan fingerprint density at radius 3 is 2.36 bits per heavy atom. The van der Waals surface area contributed by atoms with Gasteiger partial charge in [0.15, 0.2) is 5.78 Å². The Kier molecular flexibility index (Phi) is 5.55. The first kappa shape index (κ1) is 21.1. The van der Waals surface area contributed by atoms with E-state index in [1.54, 1.807) is 17.0 Å². The quantitative estimate of drug-likeness (QED) is 0.532. The molecule has 0 saturated heterocycles. The molecule has 33 heavy (non-hydrogen) atoms. The molecule has 0 bridgehead atoms. The highest BCUT2D eigenvalue weighted by Gasteiger charge is 2.41. The van der Waals surface area contributed by atoms with Gasteiger partial charge >= 0.3 is 0 Å². The van der Waals surface area contributed by atoms with E-state index in [1.807, 2.05) is 49.4 Å². The van der Waals surface area contributed by atoms with Crippen LogP contribution in [0, 0.1) is 5.82 Å². The molecule has 5 heteroatoms. The average Bonchev–Trinajstić information content (AvgIpc) is 2.99. The Labute approximate surface area is 192 Å². The maximum absolute atomic E-state index is 13.8. The van der Waals surface area contributed by atoms with Gasteiger partial charge in [0.1, 0.15) is 5.82 Å². The minimum absolute atomic E-state index is 0.00800. The zero-order chi connectivity index (χ0) is 22.9. The molecular weight excluding hydrogens is 415 g/mol. The summed E-state index contributed by atoms with van der Waals surface area (Å²) >= 11 is 0. The van der Waals surface area contributed by atoms with Crippen LogP contribution in [-0.2, 0) is 9.59 Å². The Bertz CT molecular complexity index is 1230. The fourth-order valence-corrected chi connectivity index (χ4v) is 4.96. The van der Waals surface area contributed by atoms with Crippen molar-refractivity contribution in [2.24, 2.45) is 0 Å². The predicted octanol–water partition coefficient (Wildman–Crippen LogP) is 6.14. The van der Waals surface area contributed by atoms with E-state index in [0.29, 0.717) is 18.4 Å². The van der Waals surface area contributed by atoms with Crippen molar-refractivity contribution in [1.29, 1.82) is 0 Å². The molecule has 1 heterocycles. The lowest BCUT2D eigenvalue weighted by molar-refractivity contribution is -0.119. The van der Waals surface area contributed by atoms with Crippen LogP contribution < -0.4 is 10.2 Å². The van der Waals surface area contributed by atoms with Crippen molar-refractivity contribution in [2.75, 3.05) is 10.2 Å². The lowest BCUT2D eigenvalue weighted by Crippen LogP contribution is -2.38.